The first-order valence-electron chi connectivity index (χ1n) is 5.99. The van der Waals surface area contributed by atoms with Gasteiger partial charge in [-0.2, -0.15) is 0 Å². The first kappa shape index (κ1) is 11.7. The van der Waals surface area contributed by atoms with Crippen molar-refractivity contribution < 1.29 is 0 Å². The van der Waals surface area contributed by atoms with Gasteiger partial charge in [-0.1, -0.05) is 30.3 Å². The molecule has 18 heavy (non-hydrogen) atoms. The van der Waals surface area contributed by atoms with Crippen LogP contribution in [-0.4, -0.2) is 0 Å². The van der Waals surface area contributed by atoms with Gasteiger partial charge in [-0.15, -0.1) is 22.7 Å². The summed E-state index contributed by atoms with van der Waals surface area (Å²) in [7, 11) is 0. The summed E-state index contributed by atoms with van der Waals surface area (Å²) < 4.78 is 0. The van der Waals surface area contributed by atoms with E-state index in [0.717, 1.165) is 6.42 Å². The molecule has 2 heterocycles. The molecule has 0 saturated carbocycles. The third-order valence-electron chi connectivity index (χ3n) is 2.89. The molecule has 0 spiro atoms. The van der Waals surface area contributed by atoms with Gasteiger partial charge in [0, 0.05) is 21.1 Å². The highest BCUT2D eigenvalue weighted by Crippen LogP contribution is 2.29. The van der Waals surface area contributed by atoms with Crippen LogP contribution in [0.2, 0.25) is 0 Å². The van der Waals surface area contributed by atoms with Crippen molar-refractivity contribution >= 4 is 22.7 Å². The van der Waals surface area contributed by atoms with Gasteiger partial charge in [0.25, 0.3) is 0 Å². The van der Waals surface area contributed by atoms with Crippen LogP contribution in [0.25, 0.3) is 10.4 Å². The summed E-state index contributed by atoms with van der Waals surface area (Å²) in [5, 5.41) is 2.28. The van der Waals surface area contributed by atoms with Crippen molar-refractivity contribution in [1.82, 2.24) is 0 Å². The van der Waals surface area contributed by atoms with Crippen molar-refractivity contribution in [3.63, 3.8) is 0 Å². The molecule has 0 saturated heterocycles. The zero-order valence-electron chi connectivity index (χ0n) is 10.2. The second-order valence-electron chi connectivity index (χ2n) is 4.37. The number of thiophene rings is 2. The minimum atomic E-state index is 1.06. The molecule has 2 heteroatoms. The molecular formula is C16H14S2. The van der Waals surface area contributed by atoms with Crippen molar-refractivity contribution in [3.8, 4) is 10.4 Å². The number of hydrogen-bond donors (Lipinski definition) is 0. The maximum atomic E-state index is 2.31. The lowest BCUT2D eigenvalue weighted by Gasteiger charge is -1.95. The van der Waals surface area contributed by atoms with E-state index in [9.17, 15) is 0 Å². The molecule has 0 atom stereocenters. The number of benzene rings is 1. The number of hydrogen-bond acceptors (Lipinski definition) is 2. The van der Waals surface area contributed by atoms with Crippen LogP contribution in [-0.2, 0) is 6.42 Å². The minimum absolute atomic E-state index is 1.06. The molecule has 0 aliphatic rings. The molecule has 0 N–H and O–H groups in total. The molecule has 90 valence electrons. The molecule has 0 amide bonds. The lowest BCUT2D eigenvalue weighted by atomic mass is 10.1. The maximum Gasteiger partial charge on any atom is 0.0345 e. The van der Waals surface area contributed by atoms with Gasteiger partial charge in [-0.05, 0) is 41.6 Å². The summed E-state index contributed by atoms with van der Waals surface area (Å²) in [4.78, 5) is 4.20. The van der Waals surface area contributed by atoms with Gasteiger partial charge >= 0.3 is 0 Å². The zero-order chi connectivity index (χ0) is 12.4. The molecule has 3 rings (SSSR count). The Labute approximate surface area is 116 Å². The normalized spacial score (nSPS) is 10.7. The largest absolute Gasteiger partial charge is 0.145 e. The fourth-order valence-corrected chi connectivity index (χ4v) is 3.85. The van der Waals surface area contributed by atoms with Gasteiger partial charge in [0.15, 0.2) is 0 Å². The Balaban J connectivity index is 1.82. The average Bonchev–Trinajstić information content (AvgIpc) is 3.01. The predicted octanol–water partition coefficient (Wildman–Crippen LogP) is 5.38. The van der Waals surface area contributed by atoms with E-state index in [1.54, 1.807) is 0 Å². The number of aryl methyl sites for hydroxylation is 1. The van der Waals surface area contributed by atoms with Crippen LogP contribution in [0.4, 0.5) is 0 Å². The van der Waals surface area contributed by atoms with Gasteiger partial charge < -0.3 is 0 Å². The van der Waals surface area contributed by atoms with Gasteiger partial charge in [0.2, 0.25) is 0 Å². The molecule has 0 aliphatic heterocycles. The molecule has 0 unspecified atom stereocenters. The maximum absolute atomic E-state index is 2.31. The summed E-state index contributed by atoms with van der Waals surface area (Å²) in [5.41, 5.74) is 2.73. The van der Waals surface area contributed by atoms with E-state index in [1.165, 1.54) is 25.8 Å². The lowest BCUT2D eigenvalue weighted by molar-refractivity contribution is 1.27. The lowest BCUT2D eigenvalue weighted by Crippen LogP contribution is -1.79. The van der Waals surface area contributed by atoms with E-state index in [4.69, 9.17) is 0 Å². The summed E-state index contributed by atoms with van der Waals surface area (Å²) in [6.07, 6.45) is 1.06. The Hall–Kier alpha value is -1.38. The zero-order valence-corrected chi connectivity index (χ0v) is 11.9. The van der Waals surface area contributed by atoms with Crippen LogP contribution in [0, 0.1) is 6.92 Å². The van der Waals surface area contributed by atoms with E-state index in [2.05, 4.69) is 60.8 Å². The third kappa shape index (κ3) is 2.55. The molecule has 0 bridgehead atoms. The Kier molecular flexibility index (Phi) is 3.31. The van der Waals surface area contributed by atoms with Crippen LogP contribution < -0.4 is 0 Å². The molecule has 0 nitrogen and oxygen atoms in total. The van der Waals surface area contributed by atoms with Crippen molar-refractivity contribution in [2.75, 3.05) is 0 Å². The highest BCUT2D eigenvalue weighted by atomic mass is 32.1. The van der Waals surface area contributed by atoms with Crippen LogP contribution >= 0.6 is 22.7 Å². The van der Waals surface area contributed by atoms with Gasteiger partial charge in [0.05, 0.1) is 0 Å². The Morgan fingerprint density at radius 3 is 2.56 bits per heavy atom. The Bertz CT molecular complexity index is 632. The highest BCUT2D eigenvalue weighted by molar-refractivity contribution is 7.13. The predicted molar refractivity (Wildman–Crippen MR) is 81.6 cm³/mol. The summed E-state index contributed by atoms with van der Waals surface area (Å²) >= 11 is 3.73. The smallest absolute Gasteiger partial charge is 0.0345 e. The van der Waals surface area contributed by atoms with Crippen LogP contribution in [0.3, 0.4) is 0 Å². The monoisotopic (exact) mass is 270 g/mol. The van der Waals surface area contributed by atoms with Gasteiger partial charge in [0.1, 0.15) is 0 Å². The molecule has 0 radical (unpaired) electrons. The molecule has 3 aromatic rings. The second-order valence-corrected chi connectivity index (χ2v) is 6.66. The fraction of sp³-hybridized carbons (Fsp3) is 0.125. The van der Waals surface area contributed by atoms with Gasteiger partial charge in [-0.25, -0.2) is 0 Å². The van der Waals surface area contributed by atoms with Crippen LogP contribution in [0.1, 0.15) is 15.3 Å². The van der Waals surface area contributed by atoms with E-state index < -0.39 is 0 Å². The summed E-state index contributed by atoms with van der Waals surface area (Å²) in [6.45, 7) is 2.16. The third-order valence-corrected chi connectivity index (χ3v) is 4.92. The van der Waals surface area contributed by atoms with Crippen molar-refractivity contribution in [1.29, 1.82) is 0 Å². The fourth-order valence-electron chi connectivity index (χ4n) is 2.00. The first-order valence-corrected chi connectivity index (χ1v) is 7.69. The standard InChI is InChI=1S/C16H14S2/c1-12-7-8-15(18-12)9-13-10-16(17-11-13)14-5-3-2-4-6-14/h2-8,10-11H,9H2,1H3. The summed E-state index contributed by atoms with van der Waals surface area (Å²) in [6, 6.07) is 17.3. The van der Waals surface area contributed by atoms with Gasteiger partial charge in [-0.3, -0.25) is 0 Å². The number of rotatable bonds is 3. The minimum Gasteiger partial charge on any atom is -0.145 e. The molecule has 2 aromatic heterocycles. The molecular weight excluding hydrogens is 256 g/mol. The quantitative estimate of drug-likeness (QED) is 0.599. The van der Waals surface area contributed by atoms with Crippen molar-refractivity contribution in [2.24, 2.45) is 0 Å². The highest BCUT2D eigenvalue weighted by Gasteiger charge is 2.04. The first-order chi connectivity index (χ1) is 8.81. The van der Waals surface area contributed by atoms with Crippen LogP contribution in [0.5, 0.6) is 0 Å². The van der Waals surface area contributed by atoms with E-state index in [0.29, 0.717) is 0 Å². The van der Waals surface area contributed by atoms with Crippen molar-refractivity contribution in [2.45, 2.75) is 13.3 Å². The molecule has 0 fully saturated rings. The molecule has 0 aliphatic carbocycles. The second kappa shape index (κ2) is 5.09. The van der Waals surface area contributed by atoms with E-state index in [-0.39, 0.29) is 0 Å². The molecule has 1 aromatic carbocycles. The SMILES string of the molecule is Cc1ccc(Cc2csc(-c3ccccc3)c2)s1. The summed E-state index contributed by atoms with van der Waals surface area (Å²) in [5.74, 6) is 0. The van der Waals surface area contributed by atoms with E-state index >= 15 is 0 Å². The topological polar surface area (TPSA) is 0 Å². The van der Waals surface area contributed by atoms with Crippen molar-refractivity contribution in [3.05, 3.63) is 69.2 Å². The van der Waals surface area contributed by atoms with Crippen LogP contribution in [0.15, 0.2) is 53.9 Å². The Morgan fingerprint density at radius 2 is 1.83 bits per heavy atom. The average molecular weight is 270 g/mol. The Morgan fingerprint density at radius 1 is 1.00 bits per heavy atom. The van der Waals surface area contributed by atoms with E-state index in [1.807, 2.05) is 22.7 Å².